The molecule has 2 aromatic carbocycles. The van der Waals surface area contributed by atoms with E-state index >= 15 is 0 Å². The summed E-state index contributed by atoms with van der Waals surface area (Å²) < 4.78 is 22.4. The third-order valence-electron chi connectivity index (χ3n) is 3.88. The predicted molar refractivity (Wildman–Crippen MR) is 87.6 cm³/mol. The zero-order chi connectivity index (χ0) is 16.2. The summed E-state index contributed by atoms with van der Waals surface area (Å²) in [6, 6.07) is 15.7. The molecule has 23 heavy (non-hydrogen) atoms. The van der Waals surface area contributed by atoms with Crippen molar-refractivity contribution < 1.29 is 18.9 Å². The second-order valence-corrected chi connectivity index (χ2v) is 5.36. The van der Waals surface area contributed by atoms with E-state index in [1.807, 2.05) is 48.5 Å². The summed E-state index contributed by atoms with van der Waals surface area (Å²) in [5.41, 5.74) is 2.06. The van der Waals surface area contributed by atoms with Gasteiger partial charge in [0.2, 0.25) is 0 Å². The van der Waals surface area contributed by atoms with E-state index in [1.165, 1.54) is 0 Å². The van der Waals surface area contributed by atoms with Crippen LogP contribution in [0.1, 0.15) is 23.3 Å². The first-order valence-electron chi connectivity index (χ1n) is 7.45. The molecule has 0 aromatic heterocycles. The average Bonchev–Trinajstić information content (AvgIpc) is 2.62. The van der Waals surface area contributed by atoms with Crippen molar-refractivity contribution in [3.8, 4) is 11.5 Å². The summed E-state index contributed by atoms with van der Waals surface area (Å²) in [5.74, 6) is 2.26. The van der Waals surface area contributed by atoms with E-state index in [4.69, 9.17) is 18.9 Å². The molecule has 0 unspecified atom stereocenters. The monoisotopic (exact) mass is 312 g/mol. The minimum absolute atomic E-state index is 0.195. The van der Waals surface area contributed by atoms with Gasteiger partial charge in [-0.25, -0.2) is 0 Å². The zero-order valence-corrected chi connectivity index (χ0v) is 13.3. The van der Waals surface area contributed by atoms with Crippen molar-refractivity contribution >= 4 is 0 Å². The van der Waals surface area contributed by atoms with E-state index in [0.717, 1.165) is 22.6 Å². The van der Waals surface area contributed by atoms with Crippen LogP contribution >= 0.6 is 0 Å². The standard InChI is InChI=1S/C19H20O4/c1-13-12-22-18(14-4-8-16(20-2)9-5-14)19(23-13)15-6-10-17(21-3)11-7-15/h4-11,18-19H,1,12H2,2-3H3/t18-,19-/m0/s1. The fraction of sp³-hybridized carbons (Fsp3) is 0.263. The van der Waals surface area contributed by atoms with Gasteiger partial charge in [-0.15, -0.1) is 0 Å². The largest absolute Gasteiger partial charge is 0.497 e. The Kier molecular flexibility index (Phi) is 4.53. The van der Waals surface area contributed by atoms with Gasteiger partial charge in [-0.1, -0.05) is 30.8 Å². The molecule has 0 amide bonds. The Balaban J connectivity index is 1.90. The predicted octanol–water partition coefficient (Wildman–Crippen LogP) is 4.05. The van der Waals surface area contributed by atoms with Crippen molar-refractivity contribution in [1.29, 1.82) is 0 Å². The molecular formula is C19H20O4. The van der Waals surface area contributed by atoms with Crippen LogP contribution in [0.3, 0.4) is 0 Å². The van der Waals surface area contributed by atoms with Crippen LogP contribution in [-0.4, -0.2) is 20.8 Å². The van der Waals surface area contributed by atoms with Gasteiger partial charge >= 0.3 is 0 Å². The molecule has 0 bridgehead atoms. The van der Waals surface area contributed by atoms with Crippen LogP contribution < -0.4 is 9.47 Å². The first-order chi connectivity index (χ1) is 11.2. The molecule has 2 aromatic rings. The minimum atomic E-state index is -0.240. The summed E-state index contributed by atoms with van der Waals surface area (Å²) in [4.78, 5) is 0. The highest BCUT2D eigenvalue weighted by atomic mass is 16.6. The molecule has 1 aliphatic rings. The summed E-state index contributed by atoms with van der Waals surface area (Å²) in [7, 11) is 3.30. The summed E-state index contributed by atoms with van der Waals surface area (Å²) >= 11 is 0. The molecule has 0 saturated carbocycles. The molecule has 0 aliphatic carbocycles. The van der Waals surface area contributed by atoms with Crippen molar-refractivity contribution in [2.75, 3.05) is 20.8 Å². The van der Waals surface area contributed by atoms with Gasteiger partial charge in [-0.3, -0.25) is 0 Å². The topological polar surface area (TPSA) is 36.9 Å². The van der Waals surface area contributed by atoms with E-state index in [2.05, 4.69) is 6.58 Å². The number of methoxy groups -OCH3 is 2. The van der Waals surface area contributed by atoms with Gasteiger partial charge in [-0.05, 0) is 35.4 Å². The fourth-order valence-corrected chi connectivity index (χ4v) is 2.65. The van der Waals surface area contributed by atoms with Gasteiger partial charge in [0.25, 0.3) is 0 Å². The van der Waals surface area contributed by atoms with Gasteiger partial charge in [0.05, 0.1) is 14.2 Å². The molecule has 4 nitrogen and oxygen atoms in total. The Bertz CT molecular complexity index is 661. The Hall–Kier alpha value is -2.46. The maximum absolute atomic E-state index is 5.98. The van der Waals surface area contributed by atoms with Crippen LogP contribution in [0.25, 0.3) is 0 Å². The summed E-state index contributed by atoms with van der Waals surface area (Å²) in [6.45, 7) is 4.28. The third-order valence-corrected chi connectivity index (χ3v) is 3.88. The van der Waals surface area contributed by atoms with Gasteiger partial charge < -0.3 is 18.9 Å². The molecule has 3 rings (SSSR count). The molecule has 1 aliphatic heterocycles. The van der Waals surface area contributed by atoms with E-state index < -0.39 is 0 Å². The molecule has 1 fully saturated rings. The average molecular weight is 312 g/mol. The Morgan fingerprint density at radius 1 is 0.826 bits per heavy atom. The van der Waals surface area contributed by atoms with E-state index in [1.54, 1.807) is 14.2 Å². The lowest BCUT2D eigenvalue weighted by atomic mass is 9.97. The van der Waals surface area contributed by atoms with Crippen LogP contribution in [0.2, 0.25) is 0 Å². The summed E-state index contributed by atoms with van der Waals surface area (Å²) in [5, 5.41) is 0. The van der Waals surface area contributed by atoms with Crippen molar-refractivity contribution in [1.82, 2.24) is 0 Å². The quantitative estimate of drug-likeness (QED) is 0.853. The second-order valence-electron chi connectivity index (χ2n) is 5.36. The molecule has 1 saturated heterocycles. The number of hydrogen-bond acceptors (Lipinski definition) is 4. The number of ether oxygens (including phenoxy) is 4. The number of benzene rings is 2. The van der Waals surface area contributed by atoms with E-state index in [0.29, 0.717) is 12.4 Å². The van der Waals surface area contributed by atoms with Gasteiger partial charge in [0, 0.05) is 0 Å². The van der Waals surface area contributed by atoms with Crippen LogP contribution in [0.5, 0.6) is 11.5 Å². The normalized spacial score (nSPS) is 20.7. The maximum Gasteiger partial charge on any atom is 0.154 e. The first-order valence-corrected chi connectivity index (χ1v) is 7.45. The Labute approximate surface area is 136 Å². The lowest BCUT2D eigenvalue weighted by Gasteiger charge is -2.34. The molecule has 0 spiro atoms. The molecule has 120 valence electrons. The van der Waals surface area contributed by atoms with Crippen molar-refractivity contribution in [3.05, 3.63) is 72.0 Å². The van der Waals surface area contributed by atoms with Crippen molar-refractivity contribution in [3.63, 3.8) is 0 Å². The van der Waals surface area contributed by atoms with Crippen molar-refractivity contribution in [2.24, 2.45) is 0 Å². The minimum Gasteiger partial charge on any atom is -0.497 e. The fourth-order valence-electron chi connectivity index (χ4n) is 2.65. The Morgan fingerprint density at radius 2 is 1.30 bits per heavy atom. The van der Waals surface area contributed by atoms with E-state index in [9.17, 15) is 0 Å². The Morgan fingerprint density at radius 3 is 1.78 bits per heavy atom. The molecular weight excluding hydrogens is 292 g/mol. The first kappa shape index (κ1) is 15.4. The van der Waals surface area contributed by atoms with Crippen LogP contribution in [-0.2, 0) is 9.47 Å². The smallest absolute Gasteiger partial charge is 0.154 e. The van der Waals surface area contributed by atoms with E-state index in [-0.39, 0.29) is 12.2 Å². The molecule has 2 atom stereocenters. The molecule has 4 heteroatoms. The summed E-state index contributed by atoms with van der Waals surface area (Å²) in [6.07, 6.45) is -0.435. The lowest BCUT2D eigenvalue weighted by Crippen LogP contribution is -2.24. The van der Waals surface area contributed by atoms with Gasteiger partial charge in [0.1, 0.15) is 30.0 Å². The highest BCUT2D eigenvalue weighted by molar-refractivity contribution is 5.34. The zero-order valence-electron chi connectivity index (χ0n) is 13.3. The highest BCUT2D eigenvalue weighted by Gasteiger charge is 2.32. The molecule has 0 N–H and O–H groups in total. The van der Waals surface area contributed by atoms with Crippen LogP contribution in [0.4, 0.5) is 0 Å². The highest BCUT2D eigenvalue weighted by Crippen LogP contribution is 2.40. The second kappa shape index (κ2) is 6.75. The third kappa shape index (κ3) is 3.32. The van der Waals surface area contributed by atoms with Gasteiger partial charge in [0.15, 0.2) is 6.10 Å². The van der Waals surface area contributed by atoms with Crippen LogP contribution in [0.15, 0.2) is 60.9 Å². The van der Waals surface area contributed by atoms with Crippen LogP contribution in [0, 0.1) is 0 Å². The number of hydrogen-bond donors (Lipinski definition) is 0. The van der Waals surface area contributed by atoms with Crippen molar-refractivity contribution in [2.45, 2.75) is 12.2 Å². The molecule has 1 heterocycles. The van der Waals surface area contributed by atoms with Gasteiger partial charge in [-0.2, -0.15) is 0 Å². The maximum atomic E-state index is 5.98. The molecule has 0 radical (unpaired) electrons. The lowest BCUT2D eigenvalue weighted by molar-refractivity contribution is -0.107. The SMILES string of the molecule is C=C1CO[C@@H](c2ccc(OC)cc2)[C@H](c2ccc(OC)cc2)O1. The number of rotatable bonds is 4.